The number of carbonyl (C=O) groups excluding carboxylic acids is 2. The minimum atomic E-state index is -3.79. The summed E-state index contributed by atoms with van der Waals surface area (Å²) in [5.41, 5.74) is 2.86. The molecule has 0 unspecified atom stereocenters. The molecule has 10 heteroatoms. The predicted molar refractivity (Wildman–Crippen MR) is 150 cm³/mol. The Labute approximate surface area is 230 Å². The maximum absolute atomic E-state index is 13.8. The van der Waals surface area contributed by atoms with Crippen LogP contribution in [-0.2, 0) is 26.2 Å². The number of rotatable bonds is 10. The molecule has 1 aliphatic carbocycles. The molecule has 1 fully saturated rings. The highest BCUT2D eigenvalue weighted by atomic mass is 35.5. The van der Waals surface area contributed by atoms with E-state index in [1.54, 1.807) is 30.3 Å². The lowest BCUT2D eigenvalue weighted by Crippen LogP contribution is -2.53. The summed E-state index contributed by atoms with van der Waals surface area (Å²) in [6, 6.07) is 9.75. The summed E-state index contributed by atoms with van der Waals surface area (Å²) in [7, 11) is -3.79. The van der Waals surface area contributed by atoms with E-state index in [1.807, 2.05) is 26.8 Å². The van der Waals surface area contributed by atoms with Gasteiger partial charge in [-0.3, -0.25) is 13.9 Å². The summed E-state index contributed by atoms with van der Waals surface area (Å²) in [5.74, 6) is -0.718. The Hall–Kier alpha value is -2.29. The average molecular weight is 569 g/mol. The lowest BCUT2D eigenvalue weighted by molar-refractivity contribution is -0.140. The standard InChI is InChI=1S/C27H35Cl2N3O4S/c1-5-25(27(34)30-21-8-6-7-9-21)31(16-20-10-11-23(28)24(29)15-20)26(33)17-32(37(4,35)36)22-13-18(2)12-19(3)14-22/h10-15,21,25H,5-9,16-17H2,1-4H3,(H,30,34)/t25-/m1/s1. The summed E-state index contributed by atoms with van der Waals surface area (Å²) < 4.78 is 26.7. The topological polar surface area (TPSA) is 86.8 Å². The monoisotopic (exact) mass is 567 g/mol. The Morgan fingerprint density at radius 2 is 1.65 bits per heavy atom. The number of anilines is 1. The minimum absolute atomic E-state index is 0.0801. The third-order valence-electron chi connectivity index (χ3n) is 6.60. The number of sulfonamides is 1. The number of halogens is 2. The maximum atomic E-state index is 13.8. The Morgan fingerprint density at radius 3 is 2.19 bits per heavy atom. The van der Waals surface area contributed by atoms with Crippen molar-refractivity contribution in [2.75, 3.05) is 17.1 Å². The molecule has 0 aliphatic heterocycles. The van der Waals surface area contributed by atoms with Gasteiger partial charge in [0.05, 0.1) is 22.0 Å². The summed E-state index contributed by atoms with van der Waals surface area (Å²) in [4.78, 5) is 28.6. The van der Waals surface area contributed by atoms with Crippen LogP contribution in [0.3, 0.4) is 0 Å². The lowest BCUT2D eigenvalue weighted by Gasteiger charge is -2.33. The number of nitrogens with one attached hydrogen (secondary N) is 1. The van der Waals surface area contributed by atoms with Crippen LogP contribution in [0.25, 0.3) is 0 Å². The molecule has 0 bridgehead atoms. The highest BCUT2D eigenvalue weighted by Crippen LogP contribution is 2.26. The number of carbonyl (C=O) groups is 2. The highest BCUT2D eigenvalue weighted by molar-refractivity contribution is 7.92. The molecule has 3 rings (SSSR count). The van der Waals surface area contributed by atoms with Crippen molar-refractivity contribution in [2.45, 2.75) is 71.5 Å². The number of hydrogen-bond acceptors (Lipinski definition) is 4. The zero-order chi connectivity index (χ0) is 27.3. The molecule has 1 N–H and O–H groups in total. The van der Waals surface area contributed by atoms with Crippen LogP contribution in [0.5, 0.6) is 0 Å². The van der Waals surface area contributed by atoms with Crippen molar-refractivity contribution >= 4 is 50.7 Å². The molecule has 0 heterocycles. The maximum Gasteiger partial charge on any atom is 0.244 e. The van der Waals surface area contributed by atoms with Gasteiger partial charge in [0.2, 0.25) is 21.8 Å². The number of hydrogen-bond donors (Lipinski definition) is 1. The SMILES string of the molecule is CC[C@H](C(=O)NC1CCCC1)N(Cc1ccc(Cl)c(Cl)c1)C(=O)CN(c1cc(C)cc(C)c1)S(C)(=O)=O. The normalized spacial score (nSPS) is 14.9. The van der Waals surface area contributed by atoms with Crippen LogP contribution in [0.1, 0.15) is 55.7 Å². The smallest absolute Gasteiger partial charge is 0.244 e. The molecule has 1 aliphatic rings. The van der Waals surface area contributed by atoms with Gasteiger partial charge in [-0.15, -0.1) is 0 Å². The molecule has 2 aromatic rings. The first kappa shape index (κ1) is 29.3. The van der Waals surface area contributed by atoms with Crippen molar-refractivity contribution in [2.24, 2.45) is 0 Å². The van der Waals surface area contributed by atoms with Crippen molar-refractivity contribution in [3.8, 4) is 0 Å². The fourth-order valence-electron chi connectivity index (χ4n) is 4.83. The Balaban J connectivity index is 1.96. The second-order valence-electron chi connectivity index (χ2n) is 9.80. The minimum Gasteiger partial charge on any atom is -0.352 e. The molecule has 2 aromatic carbocycles. The zero-order valence-corrected chi connectivity index (χ0v) is 24.1. The van der Waals surface area contributed by atoms with E-state index in [4.69, 9.17) is 23.2 Å². The molecule has 202 valence electrons. The van der Waals surface area contributed by atoms with E-state index in [2.05, 4.69) is 5.32 Å². The number of nitrogens with zero attached hydrogens (tertiary/aromatic N) is 2. The van der Waals surface area contributed by atoms with Crippen molar-refractivity contribution in [1.82, 2.24) is 10.2 Å². The largest absolute Gasteiger partial charge is 0.352 e. The Morgan fingerprint density at radius 1 is 1.03 bits per heavy atom. The average Bonchev–Trinajstić information content (AvgIpc) is 3.31. The highest BCUT2D eigenvalue weighted by Gasteiger charge is 2.33. The summed E-state index contributed by atoms with van der Waals surface area (Å²) in [6.45, 7) is 5.23. The molecular weight excluding hydrogens is 533 g/mol. The third-order valence-corrected chi connectivity index (χ3v) is 8.48. The van der Waals surface area contributed by atoms with E-state index in [1.165, 1.54) is 4.90 Å². The molecular formula is C27H35Cl2N3O4S. The van der Waals surface area contributed by atoms with Crippen molar-refractivity contribution in [1.29, 1.82) is 0 Å². The fourth-order valence-corrected chi connectivity index (χ4v) is 5.98. The van der Waals surface area contributed by atoms with Crippen LogP contribution in [0.2, 0.25) is 10.0 Å². The van der Waals surface area contributed by atoms with E-state index >= 15 is 0 Å². The van der Waals surface area contributed by atoms with Crippen LogP contribution < -0.4 is 9.62 Å². The van der Waals surface area contributed by atoms with E-state index in [-0.39, 0.29) is 18.5 Å². The molecule has 1 saturated carbocycles. The Kier molecular flexibility index (Phi) is 9.89. The summed E-state index contributed by atoms with van der Waals surface area (Å²) in [5, 5.41) is 3.81. The molecule has 0 radical (unpaired) electrons. The van der Waals surface area contributed by atoms with Crippen molar-refractivity contribution < 1.29 is 18.0 Å². The van der Waals surface area contributed by atoms with Crippen molar-refractivity contribution in [3.05, 3.63) is 63.1 Å². The molecule has 0 spiro atoms. The van der Waals surface area contributed by atoms with Gasteiger partial charge in [0, 0.05) is 12.6 Å². The van der Waals surface area contributed by atoms with Crippen LogP contribution in [0.15, 0.2) is 36.4 Å². The molecule has 1 atom stereocenters. The second-order valence-corrected chi connectivity index (χ2v) is 12.5. The second kappa shape index (κ2) is 12.5. The molecule has 7 nitrogen and oxygen atoms in total. The van der Waals surface area contributed by atoms with Crippen LogP contribution >= 0.6 is 23.2 Å². The molecule has 0 saturated heterocycles. The van der Waals surface area contributed by atoms with Gasteiger partial charge in [0.25, 0.3) is 0 Å². The predicted octanol–water partition coefficient (Wildman–Crippen LogP) is 5.24. The lowest BCUT2D eigenvalue weighted by atomic mass is 10.1. The fraction of sp³-hybridized carbons (Fsp3) is 0.481. The van der Waals surface area contributed by atoms with Crippen LogP contribution in [0.4, 0.5) is 5.69 Å². The van der Waals surface area contributed by atoms with Gasteiger partial charge in [-0.05, 0) is 74.1 Å². The first-order valence-corrected chi connectivity index (χ1v) is 15.1. The van der Waals surface area contributed by atoms with E-state index < -0.39 is 28.5 Å². The number of amides is 2. The molecule has 2 amide bonds. The quantitative estimate of drug-likeness (QED) is 0.425. The van der Waals surface area contributed by atoms with Gasteiger partial charge in [0.1, 0.15) is 12.6 Å². The van der Waals surface area contributed by atoms with Gasteiger partial charge in [0.15, 0.2) is 0 Å². The first-order chi connectivity index (χ1) is 17.4. The first-order valence-electron chi connectivity index (χ1n) is 12.5. The van der Waals surface area contributed by atoms with E-state index in [9.17, 15) is 18.0 Å². The summed E-state index contributed by atoms with van der Waals surface area (Å²) in [6.07, 6.45) is 5.40. The number of benzene rings is 2. The van der Waals surface area contributed by atoms with Crippen LogP contribution in [0, 0.1) is 13.8 Å². The van der Waals surface area contributed by atoms with E-state index in [0.717, 1.165) is 47.4 Å². The van der Waals surface area contributed by atoms with Gasteiger partial charge in [-0.25, -0.2) is 8.42 Å². The van der Waals surface area contributed by atoms with Gasteiger partial charge in [-0.2, -0.15) is 0 Å². The Bertz CT molecular complexity index is 1230. The van der Waals surface area contributed by atoms with Gasteiger partial charge >= 0.3 is 0 Å². The van der Waals surface area contributed by atoms with Gasteiger partial charge < -0.3 is 10.2 Å². The number of aryl methyl sites for hydroxylation is 2. The van der Waals surface area contributed by atoms with Crippen molar-refractivity contribution in [3.63, 3.8) is 0 Å². The summed E-state index contributed by atoms with van der Waals surface area (Å²) >= 11 is 12.3. The molecule has 0 aromatic heterocycles. The van der Waals surface area contributed by atoms with E-state index in [0.29, 0.717) is 27.7 Å². The third kappa shape index (κ3) is 7.85. The van der Waals surface area contributed by atoms with Crippen LogP contribution in [-0.4, -0.2) is 50.0 Å². The van der Waals surface area contributed by atoms with Gasteiger partial charge in [-0.1, -0.05) is 55.1 Å². The molecule has 37 heavy (non-hydrogen) atoms. The zero-order valence-electron chi connectivity index (χ0n) is 21.8.